The number of esters is 1. The topological polar surface area (TPSA) is 148 Å². The molecular weight excluding hydrogens is 224 g/mol. The Balaban J connectivity index is 2.68. The Hall–Kier alpha value is -0.770. The summed E-state index contributed by atoms with van der Waals surface area (Å²) in [6, 6.07) is 0. The first-order valence-electron chi connectivity index (χ1n) is 4.61. The van der Waals surface area contributed by atoms with Gasteiger partial charge in [-0.3, -0.25) is 0 Å². The molecule has 0 unspecified atom stereocenters. The smallest absolute Gasteiger partial charge is 0.338 e. The van der Waals surface area contributed by atoms with Crippen LogP contribution in [0.1, 0.15) is 0 Å². The van der Waals surface area contributed by atoms with Crippen LogP contribution in [-0.4, -0.2) is 79.8 Å². The number of carbonyl (C=O) groups is 1. The number of ether oxygens (including phenoxy) is 1. The molecular formula is C8H14O8. The van der Waals surface area contributed by atoms with Gasteiger partial charge in [-0.15, -0.1) is 0 Å². The van der Waals surface area contributed by atoms with Crippen LogP contribution in [0.4, 0.5) is 0 Å². The van der Waals surface area contributed by atoms with Gasteiger partial charge in [0.05, 0.1) is 6.61 Å². The Morgan fingerprint density at radius 3 is 2.19 bits per heavy atom. The fraction of sp³-hybridized carbons (Fsp3) is 0.875. The maximum Gasteiger partial charge on any atom is 0.338 e. The molecule has 0 aliphatic carbocycles. The minimum absolute atomic E-state index is 0.808. The van der Waals surface area contributed by atoms with Crippen LogP contribution in [0.2, 0.25) is 0 Å². The molecule has 0 aromatic rings. The monoisotopic (exact) mass is 238 g/mol. The van der Waals surface area contributed by atoms with Crippen molar-refractivity contribution in [1.82, 2.24) is 0 Å². The zero-order chi connectivity index (χ0) is 12.5. The van der Waals surface area contributed by atoms with Crippen molar-refractivity contribution in [2.45, 2.75) is 36.6 Å². The third-order valence-corrected chi connectivity index (χ3v) is 2.42. The predicted octanol–water partition coefficient (Wildman–Crippen LogP) is -4.29. The molecule has 8 nitrogen and oxygen atoms in total. The van der Waals surface area contributed by atoms with Crippen LogP contribution < -0.4 is 0 Å². The van der Waals surface area contributed by atoms with Crippen molar-refractivity contribution in [2.24, 2.45) is 0 Å². The van der Waals surface area contributed by atoms with Gasteiger partial charge in [-0.25, -0.2) is 4.79 Å². The number of hydrogen-bond donors (Lipinski definition) is 6. The molecule has 0 radical (unpaired) electrons. The van der Waals surface area contributed by atoms with Gasteiger partial charge in [-0.1, -0.05) is 0 Å². The molecule has 0 spiro atoms. The van der Waals surface area contributed by atoms with E-state index in [1.807, 2.05) is 0 Å². The highest BCUT2D eigenvalue weighted by atomic mass is 16.6. The van der Waals surface area contributed by atoms with Gasteiger partial charge in [0.2, 0.25) is 0 Å². The van der Waals surface area contributed by atoms with Crippen LogP contribution in [0.25, 0.3) is 0 Å². The van der Waals surface area contributed by atoms with Gasteiger partial charge in [-0.05, 0) is 0 Å². The van der Waals surface area contributed by atoms with E-state index in [9.17, 15) is 20.1 Å². The van der Waals surface area contributed by atoms with Crippen LogP contribution in [0.3, 0.4) is 0 Å². The summed E-state index contributed by atoms with van der Waals surface area (Å²) in [5.74, 6) is -1.12. The van der Waals surface area contributed by atoms with E-state index in [4.69, 9.17) is 15.3 Å². The molecule has 1 rings (SSSR count). The molecule has 1 fully saturated rings. The molecule has 94 valence electrons. The second-order valence-corrected chi connectivity index (χ2v) is 3.57. The van der Waals surface area contributed by atoms with Crippen LogP contribution in [0, 0.1) is 0 Å². The number of carbonyl (C=O) groups excluding carboxylic acids is 1. The quantitative estimate of drug-likeness (QED) is 0.269. The first-order chi connectivity index (χ1) is 7.40. The predicted molar refractivity (Wildman–Crippen MR) is 47.0 cm³/mol. The summed E-state index contributed by atoms with van der Waals surface area (Å²) in [7, 11) is 0. The van der Waals surface area contributed by atoms with Crippen molar-refractivity contribution in [3.05, 3.63) is 0 Å². The first-order valence-corrected chi connectivity index (χ1v) is 4.61. The molecule has 8 heteroatoms. The maximum absolute atomic E-state index is 10.8. The van der Waals surface area contributed by atoms with Gasteiger partial charge in [-0.2, -0.15) is 0 Å². The molecule has 1 aliphatic heterocycles. The van der Waals surface area contributed by atoms with Gasteiger partial charge < -0.3 is 35.4 Å². The van der Waals surface area contributed by atoms with Gasteiger partial charge in [0.1, 0.15) is 24.4 Å². The summed E-state index contributed by atoms with van der Waals surface area (Å²) in [5.41, 5.74) is 0. The third-order valence-electron chi connectivity index (χ3n) is 2.42. The van der Waals surface area contributed by atoms with E-state index in [1.165, 1.54) is 0 Å². The van der Waals surface area contributed by atoms with Crippen LogP contribution in [-0.2, 0) is 9.53 Å². The SMILES string of the molecule is O=C1O[C@H]([C@@H](O)[C@@H](O)[C@H](O)CO)[C@H](O)[C@@H]1O. The highest BCUT2D eigenvalue weighted by Crippen LogP contribution is 2.21. The van der Waals surface area contributed by atoms with Gasteiger partial charge >= 0.3 is 5.97 Å². The Bertz CT molecular complexity index is 256. The second-order valence-electron chi connectivity index (χ2n) is 3.57. The minimum atomic E-state index is -1.81. The normalized spacial score (nSPS) is 35.6. The van der Waals surface area contributed by atoms with Crippen LogP contribution in [0.15, 0.2) is 0 Å². The lowest BCUT2D eigenvalue weighted by Crippen LogP contribution is -2.50. The average Bonchev–Trinajstić information content (AvgIpc) is 2.54. The van der Waals surface area contributed by atoms with Crippen molar-refractivity contribution in [1.29, 1.82) is 0 Å². The molecule has 0 aromatic carbocycles. The summed E-state index contributed by atoms with van der Waals surface area (Å²) < 4.78 is 4.42. The lowest BCUT2D eigenvalue weighted by atomic mass is 9.99. The van der Waals surface area contributed by atoms with Crippen molar-refractivity contribution in [2.75, 3.05) is 6.61 Å². The van der Waals surface area contributed by atoms with E-state index in [2.05, 4.69) is 4.74 Å². The van der Waals surface area contributed by atoms with Gasteiger partial charge in [0.15, 0.2) is 12.2 Å². The molecule has 1 saturated heterocycles. The van der Waals surface area contributed by atoms with Gasteiger partial charge in [0.25, 0.3) is 0 Å². The number of hydrogen-bond acceptors (Lipinski definition) is 8. The second kappa shape index (κ2) is 5.04. The Labute approximate surface area is 90.3 Å². The fourth-order valence-electron chi connectivity index (χ4n) is 1.39. The molecule has 0 bridgehead atoms. The largest absolute Gasteiger partial charge is 0.455 e. The zero-order valence-corrected chi connectivity index (χ0v) is 8.17. The first kappa shape index (κ1) is 13.3. The number of aliphatic hydroxyl groups excluding tert-OH is 6. The standard InChI is InChI=1S/C8H14O8/c9-1-2(10)3(11)4(12)7-5(13)6(14)8(15)16-7/h2-7,9-14H,1H2/t2-,3+,4+,5-,6+,7-/m1/s1. The summed E-state index contributed by atoms with van der Waals surface area (Å²) in [5, 5.41) is 54.6. The molecule has 1 aliphatic rings. The van der Waals surface area contributed by atoms with Crippen LogP contribution in [0.5, 0.6) is 0 Å². The van der Waals surface area contributed by atoms with Crippen LogP contribution >= 0.6 is 0 Å². The van der Waals surface area contributed by atoms with E-state index in [0.29, 0.717) is 0 Å². The molecule has 6 atom stereocenters. The Morgan fingerprint density at radius 1 is 1.25 bits per heavy atom. The number of rotatable bonds is 4. The van der Waals surface area contributed by atoms with E-state index < -0.39 is 49.2 Å². The average molecular weight is 238 g/mol. The summed E-state index contributed by atoms with van der Waals surface area (Å²) in [6.07, 6.45) is -10.3. The molecule has 6 N–H and O–H groups in total. The maximum atomic E-state index is 10.8. The van der Waals surface area contributed by atoms with E-state index >= 15 is 0 Å². The Morgan fingerprint density at radius 2 is 1.81 bits per heavy atom. The molecule has 0 aromatic heterocycles. The highest BCUT2D eigenvalue weighted by Gasteiger charge is 2.48. The third kappa shape index (κ3) is 2.32. The van der Waals surface area contributed by atoms with E-state index in [1.54, 1.807) is 0 Å². The number of aliphatic hydroxyl groups is 6. The summed E-state index contributed by atoms with van der Waals surface area (Å²) >= 11 is 0. The van der Waals surface area contributed by atoms with Gasteiger partial charge in [0, 0.05) is 0 Å². The summed E-state index contributed by atoms with van der Waals surface area (Å²) in [6.45, 7) is -0.808. The molecule has 0 saturated carbocycles. The Kier molecular flexibility index (Phi) is 4.19. The fourth-order valence-corrected chi connectivity index (χ4v) is 1.39. The number of cyclic esters (lactones) is 1. The molecule has 0 amide bonds. The summed E-state index contributed by atoms with van der Waals surface area (Å²) in [4.78, 5) is 10.8. The lowest BCUT2D eigenvalue weighted by molar-refractivity contribution is -0.159. The minimum Gasteiger partial charge on any atom is -0.455 e. The molecule has 1 heterocycles. The van der Waals surface area contributed by atoms with E-state index in [-0.39, 0.29) is 0 Å². The van der Waals surface area contributed by atoms with Crippen molar-refractivity contribution in [3.63, 3.8) is 0 Å². The van der Waals surface area contributed by atoms with Crippen molar-refractivity contribution < 1.29 is 40.2 Å². The highest BCUT2D eigenvalue weighted by molar-refractivity contribution is 5.77. The zero-order valence-electron chi connectivity index (χ0n) is 8.17. The lowest BCUT2D eigenvalue weighted by Gasteiger charge is -2.26. The van der Waals surface area contributed by atoms with E-state index in [0.717, 1.165) is 0 Å². The molecule has 16 heavy (non-hydrogen) atoms. The van der Waals surface area contributed by atoms with Crippen molar-refractivity contribution in [3.8, 4) is 0 Å². The van der Waals surface area contributed by atoms with Crippen molar-refractivity contribution >= 4 is 5.97 Å².